The number of nitrogens with zero attached hydrogens (tertiary/aromatic N) is 2. The molecule has 0 heterocycles. The zero-order chi connectivity index (χ0) is 22.9. The second-order valence-electron chi connectivity index (χ2n) is 6.54. The molecule has 0 aromatic heterocycles. The van der Waals surface area contributed by atoms with Crippen LogP contribution in [0.2, 0.25) is 0 Å². The van der Waals surface area contributed by atoms with Crippen LogP contribution in [-0.2, 0) is 14.8 Å². The summed E-state index contributed by atoms with van der Waals surface area (Å²) in [7, 11) is -3.68. The van der Waals surface area contributed by atoms with Crippen molar-refractivity contribution in [1.82, 2.24) is 5.43 Å². The van der Waals surface area contributed by atoms with E-state index in [0.29, 0.717) is 36.0 Å². The molecular formula is C22H27N3O5S. The predicted octanol–water partition coefficient (Wildman–Crippen LogP) is 2.95. The number of carbonyl (C=O) groups is 1. The van der Waals surface area contributed by atoms with Crippen LogP contribution < -0.4 is 19.2 Å². The molecule has 31 heavy (non-hydrogen) atoms. The summed E-state index contributed by atoms with van der Waals surface area (Å²) in [6.07, 6.45) is 4.13. The van der Waals surface area contributed by atoms with Crippen LogP contribution in [0.3, 0.4) is 0 Å². The number of hydrazone groups is 1. The molecule has 0 radical (unpaired) electrons. The zero-order valence-corrected chi connectivity index (χ0v) is 18.6. The molecule has 2 rings (SSSR count). The van der Waals surface area contributed by atoms with Gasteiger partial charge in [-0.1, -0.05) is 30.9 Å². The van der Waals surface area contributed by atoms with Crippen molar-refractivity contribution in [2.75, 3.05) is 23.8 Å². The smallest absolute Gasteiger partial charge is 0.263 e. The third kappa shape index (κ3) is 6.85. The van der Waals surface area contributed by atoms with E-state index >= 15 is 0 Å². The van der Waals surface area contributed by atoms with E-state index in [4.69, 9.17) is 9.47 Å². The van der Waals surface area contributed by atoms with Gasteiger partial charge in [0, 0.05) is 0 Å². The molecule has 0 saturated carbocycles. The van der Waals surface area contributed by atoms with E-state index in [1.54, 1.807) is 54.6 Å². The number of benzene rings is 2. The number of rotatable bonds is 11. The number of para-hydroxylation sites is 1. The Morgan fingerprint density at radius 1 is 1.19 bits per heavy atom. The molecule has 2 aromatic rings. The van der Waals surface area contributed by atoms with E-state index in [0.717, 1.165) is 10.6 Å². The first-order valence-corrected chi connectivity index (χ1v) is 11.5. The predicted molar refractivity (Wildman–Crippen MR) is 122 cm³/mol. The van der Waals surface area contributed by atoms with Crippen LogP contribution in [0.1, 0.15) is 19.4 Å². The van der Waals surface area contributed by atoms with E-state index in [9.17, 15) is 13.2 Å². The SMILES string of the molecule is C=CCOc1ccc(/C=N\NC(=O)[C@H](C)N(c2ccccc2)S(C)(=O)=O)cc1OCC. The maximum absolute atomic E-state index is 12.6. The van der Waals surface area contributed by atoms with E-state index in [1.807, 2.05) is 6.92 Å². The van der Waals surface area contributed by atoms with E-state index in [2.05, 4.69) is 17.1 Å². The van der Waals surface area contributed by atoms with Crippen LogP contribution in [0.15, 0.2) is 66.3 Å². The van der Waals surface area contributed by atoms with Gasteiger partial charge < -0.3 is 9.47 Å². The summed E-state index contributed by atoms with van der Waals surface area (Å²) in [5, 5.41) is 3.96. The van der Waals surface area contributed by atoms with Crippen LogP contribution in [0.4, 0.5) is 5.69 Å². The van der Waals surface area contributed by atoms with Crippen LogP contribution in [0.25, 0.3) is 0 Å². The summed E-state index contributed by atoms with van der Waals surface area (Å²) in [6.45, 7) is 7.78. The fourth-order valence-electron chi connectivity index (χ4n) is 2.79. The van der Waals surface area contributed by atoms with Gasteiger partial charge in [0.25, 0.3) is 5.91 Å². The highest BCUT2D eigenvalue weighted by atomic mass is 32.2. The molecule has 9 heteroatoms. The lowest BCUT2D eigenvalue weighted by atomic mass is 10.2. The Kier molecular flexibility index (Phi) is 8.63. The molecule has 1 N–H and O–H groups in total. The number of anilines is 1. The van der Waals surface area contributed by atoms with Crippen molar-refractivity contribution in [3.63, 3.8) is 0 Å². The molecule has 1 amide bonds. The van der Waals surface area contributed by atoms with E-state index < -0.39 is 22.0 Å². The maximum atomic E-state index is 12.6. The summed E-state index contributed by atoms with van der Waals surface area (Å²) in [6, 6.07) is 12.6. The molecule has 2 aromatic carbocycles. The van der Waals surface area contributed by atoms with E-state index in [-0.39, 0.29) is 0 Å². The minimum absolute atomic E-state index is 0.347. The number of carbonyl (C=O) groups excluding carboxylic acids is 1. The van der Waals surface area contributed by atoms with Gasteiger partial charge in [0.05, 0.1) is 24.8 Å². The standard InChI is InChI=1S/C22H27N3O5S/c1-5-14-30-20-13-12-18(15-21(20)29-6-2)16-23-24-22(26)17(3)25(31(4,27)28)19-10-8-7-9-11-19/h5,7-13,15-17H,1,6,14H2,2-4H3,(H,24,26)/b23-16-/t17-/m0/s1. The largest absolute Gasteiger partial charge is 0.490 e. The minimum Gasteiger partial charge on any atom is -0.490 e. The zero-order valence-electron chi connectivity index (χ0n) is 17.8. The maximum Gasteiger partial charge on any atom is 0.263 e. The topological polar surface area (TPSA) is 97.3 Å². The van der Waals surface area contributed by atoms with Gasteiger partial charge in [0.1, 0.15) is 12.6 Å². The molecule has 0 unspecified atom stereocenters. The quantitative estimate of drug-likeness (QED) is 0.326. The first-order valence-electron chi connectivity index (χ1n) is 9.65. The molecule has 0 aliphatic carbocycles. The lowest BCUT2D eigenvalue weighted by molar-refractivity contribution is -0.121. The van der Waals surface area contributed by atoms with Crippen molar-refractivity contribution in [3.8, 4) is 11.5 Å². The molecule has 0 aliphatic rings. The van der Waals surface area contributed by atoms with Crippen molar-refractivity contribution >= 4 is 27.8 Å². The fourth-order valence-corrected chi connectivity index (χ4v) is 3.96. The molecule has 8 nitrogen and oxygen atoms in total. The van der Waals surface area contributed by atoms with Gasteiger partial charge in [0.2, 0.25) is 10.0 Å². The molecule has 166 valence electrons. The molecule has 0 aliphatic heterocycles. The van der Waals surface area contributed by atoms with Crippen molar-refractivity contribution in [2.24, 2.45) is 5.10 Å². The number of hydrogen-bond acceptors (Lipinski definition) is 6. The van der Waals surface area contributed by atoms with Crippen molar-refractivity contribution in [1.29, 1.82) is 0 Å². The summed E-state index contributed by atoms with van der Waals surface area (Å²) >= 11 is 0. The van der Waals surface area contributed by atoms with Crippen molar-refractivity contribution in [2.45, 2.75) is 19.9 Å². The van der Waals surface area contributed by atoms with Crippen LogP contribution >= 0.6 is 0 Å². The van der Waals surface area contributed by atoms with Crippen molar-refractivity contribution < 1.29 is 22.7 Å². The molecule has 0 saturated heterocycles. The molecular weight excluding hydrogens is 418 g/mol. The van der Waals surface area contributed by atoms with Gasteiger partial charge in [-0.2, -0.15) is 5.10 Å². The third-order valence-electron chi connectivity index (χ3n) is 4.11. The average molecular weight is 446 g/mol. The van der Waals surface area contributed by atoms with Crippen molar-refractivity contribution in [3.05, 3.63) is 66.7 Å². The summed E-state index contributed by atoms with van der Waals surface area (Å²) < 4.78 is 36.7. The number of sulfonamides is 1. The summed E-state index contributed by atoms with van der Waals surface area (Å²) in [5.74, 6) is 0.546. The third-order valence-corrected chi connectivity index (χ3v) is 5.35. The van der Waals surface area contributed by atoms with Gasteiger partial charge in [-0.05, 0) is 49.7 Å². The molecule has 0 fully saturated rings. The highest BCUT2D eigenvalue weighted by molar-refractivity contribution is 7.92. The molecule has 1 atom stereocenters. The Balaban J connectivity index is 2.13. The Hall–Kier alpha value is -3.33. The monoisotopic (exact) mass is 445 g/mol. The second-order valence-corrected chi connectivity index (χ2v) is 8.40. The molecule has 0 spiro atoms. The Bertz CT molecular complexity index is 1020. The normalized spacial score (nSPS) is 12.2. The fraction of sp³-hybridized carbons (Fsp3) is 0.273. The first kappa shape index (κ1) is 23.9. The Labute approximate surface area is 183 Å². The second kappa shape index (κ2) is 11.2. The number of nitrogens with one attached hydrogen (secondary N) is 1. The van der Waals surface area contributed by atoms with Crippen LogP contribution in [-0.4, -0.2) is 46.1 Å². The van der Waals surface area contributed by atoms with Gasteiger partial charge in [-0.15, -0.1) is 0 Å². The lowest BCUT2D eigenvalue weighted by Gasteiger charge is -2.27. The van der Waals surface area contributed by atoms with Crippen LogP contribution in [0, 0.1) is 0 Å². The number of ether oxygens (including phenoxy) is 2. The Morgan fingerprint density at radius 2 is 1.90 bits per heavy atom. The van der Waals surface area contributed by atoms with Gasteiger partial charge in [0.15, 0.2) is 11.5 Å². The average Bonchev–Trinajstić information content (AvgIpc) is 2.73. The Morgan fingerprint density at radius 3 is 2.52 bits per heavy atom. The first-order chi connectivity index (χ1) is 14.8. The number of hydrogen-bond donors (Lipinski definition) is 1. The summed E-state index contributed by atoms with van der Waals surface area (Å²) in [4.78, 5) is 12.6. The van der Waals surface area contributed by atoms with Gasteiger partial charge in [-0.3, -0.25) is 9.10 Å². The van der Waals surface area contributed by atoms with Gasteiger partial charge >= 0.3 is 0 Å². The van der Waals surface area contributed by atoms with Crippen LogP contribution in [0.5, 0.6) is 11.5 Å². The van der Waals surface area contributed by atoms with Gasteiger partial charge in [-0.25, -0.2) is 13.8 Å². The minimum atomic E-state index is -3.68. The highest BCUT2D eigenvalue weighted by Gasteiger charge is 2.28. The summed E-state index contributed by atoms with van der Waals surface area (Å²) in [5.41, 5.74) is 3.46. The lowest BCUT2D eigenvalue weighted by Crippen LogP contribution is -2.46. The number of amides is 1. The highest BCUT2D eigenvalue weighted by Crippen LogP contribution is 2.28. The molecule has 0 bridgehead atoms. The van der Waals surface area contributed by atoms with E-state index in [1.165, 1.54) is 13.1 Å².